The summed E-state index contributed by atoms with van der Waals surface area (Å²) in [5.74, 6) is 0.500. The summed E-state index contributed by atoms with van der Waals surface area (Å²) in [5.41, 5.74) is 1.88. The molecule has 0 radical (unpaired) electrons. The van der Waals surface area contributed by atoms with Gasteiger partial charge in [0, 0.05) is 32.9 Å². The van der Waals surface area contributed by atoms with Gasteiger partial charge in [-0.1, -0.05) is 11.3 Å². The number of nitrogens with one attached hydrogen (secondary N) is 1. The Balaban J connectivity index is 1.57. The third-order valence-electron chi connectivity index (χ3n) is 5.79. The van der Waals surface area contributed by atoms with E-state index in [4.69, 9.17) is 4.74 Å². The zero-order valence-corrected chi connectivity index (χ0v) is 19.0. The van der Waals surface area contributed by atoms with Crippen LogP contribution < -0.4 is 5.32 Å². The van der Waals surface area contributed by atoms with Crippen LogP contribution in [0, 0.1) is 13.8 Å². The summed E-state index contributed by atoms with van der Waals surface area (Å²) < 4.78 is 5.33. The molecule has 0 unspecified atom stereocenters. The Morgan fingerprint density at radius 3 is 2.55 bits per heavy atom. The van der Waals surface area contributed by atoms with Gasteiger partial charge in [-0.15, -0.1) is 0 Å². The maximum atomic E-state index is 13.3. The number of thiazole rings is 1. The van der Waals surface area contributed by atoms with Gasteiger partial charge in [0.1, 0.15) is 4.88 Å². The molecule has 0 saturated carbocycles. The Bertz CT molecular complexity index is 972. The maximum Gasteiger partial charge on any atom is 0.266 e. The van der Waals surface area contributed by atoms with Gasteiger partial charge >= 0.3 is 0 Å². The molecule has 2 amide bonds. The van der Waals surface area contributed by atoms with Crippen LogP contribution in [0.2, 0.25) is 0 Å². The van der Waals surface area contributed by atoms with Crippen LogP contribution in [0.1, 0.15) is 62.5 Å². The van der Waals surface area contributed by atoms with Crippen molar-refractivity contribution in [2.45, 2.75) is 39.2 Å². The van der Waals surface area contributed by atoms with Gasteiger partial charge in [-0.25, -0.2) is 15.0 Å². The van der Waals surface area contributed by atoms with Crippen LogP contribution in [0.15, 0.2) is 6.20 Å². The second-order valence-corrected chi connectivity index (χ2v) is 8.82. The van der Waals surface area contributed by atoms with Gasteiger partial charge < -0.3 is 19.9 Å². The molecule has 2 fully saturated rings. The lowest BCUT2D eigenvalue weighted by molar-refractivity contribution is 0.0301. The normalized spacial score (nSPS) is 19.4. The molecule has 9 nitrogen and oxygen atoms in total. The molecule has 1 atom stereocenters. The van der Waals surface area contributed by atoms with Crippen LogP contribution in [-0.2, 0) is 4.74 Å². The monoisotopic (exact) mass is 444 g/mol. The first-order valence-corrected chi connectivity index (χ1v) is 11.5. The molecule has 10 heteroatoms. The number of morpholine rings is 1. The third-order valence-corrected chi connectivity index (χ3v) is 6.96. The molecule has 2 saturated heterocycles. The summed E-state index contributed by atoms with van der Waals surface area (Å²) in [7, 11) is 1.80. The highest BCUT2D eigenvalue weighted by Gasteiger charge is 2.33. The number of hydrogen-bond acceptors (Lipinski definition) is 8. The summed E-state index contributed by atoms with van der Waals surface area (Å²) in [4.78, 5) is 44.1. The van der Waals surface area contributed by atoms with E-state index in [2.05, 4.69) is 20.3 Å². The van der Waals surface area contributed by atoms with Gasteiger partial charge in [0.2, 0.25) is 0 Å². The molecule has 4 heterocycles. The predicted molar refractivity (Wildman–Crippen MR) is 118 cm³/mol. The lowest BCUT2D eigenvalue weighted by Crippen LogP contribution is -2.41. The van der Waals surface area contributed by atoms with Crippen LogP contribution in [0.3, 0.4) is 0 Å². The quantitative estimate of drug-likeness (QED) is 0.773. The molecule has 4 rings (SSSR count). The number of piperidine rings is 1. The lowest BCUT2D eigenvalue weighted by Gasteiger charge is -2.34. The zero-order valence-electron chi connectivity index (χ0n) is 18.2. The van der Waals surface area contributed by atoms with E-state index in [-0.39, 0.29) is 17.9 Å². The molecular weight excluding hydrogens is 416 g/mol. The van der Waals surface area contributed by atoms with Crippen molar-refractivity contribution in [1.29, 1.82) is 0 Å². The minimum atomic E-state index is -0.202. The summed E-state index contributed by atoms with van der Waals surface area (Å²) in [5, 5.41) is 3.74. The molecular formula is C21H28N6O3S. The number of anilines is 1. The molecule has 0 aliphatic carbocycles. The third kappa shape index (κ3) is 4.40. The highest BCUT2D eigenvalue weighted by molar-refractivity contribution is 7.17. The van der Waals surface area contributed by atoms with Crippen molar-refractivity contribution in [3.63, 3.8) is 0 Å². The molecule has 0 bridgehead atoms. The fraction of sp³-hybridized carbons (Fsp3) is 0.571. The Morgan fingerprint density at radius 2 is 1.87 bits per heavy atom. The number of amides is 2. The second-order valence-electron chi connectivity index (χ2n) is 7.83. The van der Waals surface area contributed by atoms with Crippen molar-refractivity contribution in [2.75, 3.05) is 45.2 Å². The average Bonchev–Trinajstić information content (AvgIpc) is 3.19. The predicted octanol–water partition coefficient (Wildman–Crippen LogP) is 2.43. The van der Waals surface area contributed by atoms with Crippen molar-refractivity contribution < 1.29 is 14.3 Å². The van der Waals surface area contributed by atoms with Crippen LogP contribution in [-0.4, -0.2) is 76.5 Å². The largest absolute Gasteiger partial charge is 0.378 e. The van der Waals surface area contributed by atoms with E-state index >= 15 is 0 Å². The van der Waals surface area contributed by atoms with Gasteiger partial charge in [-0.05, 0) is 33.1 Å². The first kappa shape index (κ1) is 21.6. The van der Waals surface area contributed by atoms with Crippen molar-refractivity contribution >= 4 is 28.3 Å². The zero-order chi connectivity index (χ0) is 22.0. The summed E-state index contributed by atoms with van der Waals surface area (Å²) >= 11 is 1.37. The first-order chi connectivity index (χ1) is 15.0. The van der Waals surface area contributed by atoms with Crippen molar-refractivity contribution in [3.05, 3.63) is 33.8 Å². The fourth-order valence-corrected chi connectivity index (χ4v) is 4.94. The number of nitrogens with zero attached hydrogens (tertiary/aromatic N) is 5. The number of likely N-dealkylation sites (tertiary alicyclic amines) is 1. The first-order valence-electron chi connectivity index (χ1n) is 10.7. The topological polar surface area (TPSA) is 101 Å². The number of hydrogen-bond donors (Lipinski definition) is 1. The fourth-order valence-electron chi connectivity index (χ4n) is 4.07. The van der Waals surface area contributed by atoms with E-state index in [1.165, 1.54) is 11.3 Å². The maximum absolute atomic E-state index is 13.3. The highest BCUT2D eigenvalue weighted by atomic mass is 32.1. The Hall–Kier alpha value is -2.59. The number of rotatable bonds is 4. The SMILES string of the molecule is CNc1nc(C)c(C(=O)N2CCCC[C@@H]2c2ncc(C(=O)N3CCOCC3)c(C)n2)s1. The van der Waals surface area contributed by atoms with E-state index in [1.54, 1.807) is 18.1 Å². The Labute approximate surface area is 185 Å². The summed E-state index contributed by atoms with van der Waals surface area (Å²) in [6.45, 7) is 6.61. The number of carbonyl (C=O) groups is 2. The molecule has 166 valence electrons. The molecule has 2 aromatic rings. The minimum absolute atomic E-state index is 0.0316. The van der Waals surface area contributed by atoms with Crippen LogP contribution >= 0.6 is 11.3 Å². The van der Waals surface area contributed by atoms with Crippen molar-refractivity contribution in [2.24, 2.45) is 0 Å². The number of carbonyl (C=O) groups excluding carboxylic acids is 2. The average molecular weight is 445 g/mol. The van der Waals surface area contributed by atoms with E-state index < -0.39 is 0 Å². The number of aromatic nitrogens is 3. The van der Waals surface area contributed by atoms with Gasteiger partial charge in [0.15, 0.2) is 11.0 Å². The van der Waals surface area contributed by atoms with E-state index in [0.717, 1.165) is 30.1 Å². The Morgan fingerprint density at radius 1 is 1.10 bits per heavy atom. The molecule has 2 aliphatic rings. The van der Waals surface area contributed by atoms with Gasteiger partial charge in [0.05, 0.1) is 36.2 Å². The lowest BCUT2D eigenvalue weighted by atomic mass is 10.0. The summed E-state index contributed by atoms with van der Waals surface area (Å²) in [6, 6.07) is -0.202. The van der Waals surface area contributed by atoms with Gasteiger partial charge in [-0.3, -0.25) is 9.59 Å². The summed E-state index contributed by atoms with van der Waals surface area (Å²) in [6.07, 6.45) is 4.38. The molecule has 2 aromatic heterocycles. The van der Waals surface area contributed by atoms with E-state index in [0.29, 0.717) is 54.8 Å². The molecule has 0 aromatic carbocycles. The molecule has 0 spiro atoms. The number of aryl methyl sites for hydroxylation is 2. The molecule has 1 N–H and O–H groups in total. The van der Waals surface area contributed by atoms with E-state index in [9.17, 15) is 9.59 Å². The van der Waals surface area contributed by atoms with Crippen molar-refractivity contribution in [3.8, 4) is 0 Å². The smallest absolute Gasteiger partial charge is 0.266 e. The standard InChI is InChI=1S/C21H28N6O3S/c1-13-15(19(28)26-8-10-30-11-9-26)12-23-18(24-13)16-6-4-5-7-27(16)20(29)17-14(2)25-21(22-3)31-17/h12,16H,4-11H2,1-3H3,(H,22,25)/t16-/m1/s1. The Kier molecular flexibility index (Phi) is 6.47. The van der Waals surface area contributed by atoms with Crippen LogP contribution in [0.25, 0.3) is 0 Å². The van der Waals surface area contributed by atoms with Gasteiger partial charge in [-0.2, -0.15) is 0 Å². The van der Waals surface area contributed by atoms with Crippen LogP contribution in [0.5, 0.6) is 0 Å². The van der Waals surface area contributed by atoms with E-state index in [1.807, 2.05) is 18.7 Å². The van der Waals surface area contributed by atoms with Crippen molar-refractivity contribution in [1.82, 2.24) is 24.8 Å². The van der Waals surface area contributed by atoms with Gasteiger partial charge in [0.25, 0.3) is 11.8 Å². The highest BCUT2D eigenvalue weighted by Crippen LogP contribution is 2.33. The molecule has 31 heavy (non-hydrogen) atoms. The second kappa shape index (κ2) is 9.27. The van der Waals surface area contributed by atoms with Crippen LogP contribution in [0.4, 0.5) is 5.13 Å². The number of ether oxygens (including phenoxy) is 1. The molecule has 2 aliphatic heterocycles. The minimum Gasteiger partial charge on any atom is -0.378 e.